The van der Waals surface area contributed by atoms with Gasteiger partial charge in [0, 0.05) is 12.0 Å². The number of rotatable bonds is 3. The largest absolute Gasteiger partial charge is 0.506 e. The Morgan fingerprint density at radius 2 is 2.21 bits per heavy atom. The summed E-state index contributed by atoms with van der Waals surface area (Å²) >= 11 is 0. The summed E-state index contributed by atoms with van der Waals surface area (Å²) in [6, 6.07) is 3.61. The predicted octanol–water partition coefficient (Wildman–Crippen LogP) is 2.60. The number of phenolic OH excluding ortho intramolecular Hbond substituents is 1. The predicted molar refractivity (Wildman–Crippen MR) is 69.9 cm³/mol. The van der Waals surface area contributed by atoms with Crippen LogP contribution in [0.2, 0.25) is 0 Å². The molecule has 1 aliphatic rings. The minimum absolute atomic E-state index is 0.111. The van der Waals surface area contributed by atoms with E-state index in [1.54, 1.807) is 0 Å². The van der Waals surface area contributed by atoms with Crippen LogP contribution in [0.25, 0.3) is 0 Å². The van der Waals surface area contributed by atoms with Gasteiger partial charge in [-0.1, -0.05) is 12.2 Å². The highest BCUT2D eigenvalue weighted by atomic mass is 16.6. The van der Waals surface area contributed by atoms with E-state index in [9.17, 15) is 20.0 Å². The maximum absolute atomic E-state index is 11.9. The van der Waals surface area contributed by atoms with E-state index in [1.165, 1.54) is 12.1 Å². The van der Waals surface area contributed by atoms with Crippen LogP contribution in [-0.4, -0.2) is 15.9 Å². The highest BCUT2D eigenvalue weighted by Crippen LogP contribution is 2.29. The molecule has 1 unspecified atom stereocenters. The average molecular weight is 262 g/mol. The van der Waals surface area contributed by atoms with Gasteiger partial charge in [-0.15, -0.1) is 0 Å². The van der Waals surface area contributed by atoms with Gasteiger partial charge >= 0.3 is 0 Å². The number of hydrogen-bond donors (Lipinski definition) is 2. The van der Waals surface area contributed by atoms with Crippen molar-refractivity contribution in [2.75, 3.05) is 5.32 Å². The van der Waals surface area contributed by atoms with Gasteiger partial charge in [0.25, 0.3) is 5.69 Å². The standard InChI is InChI=1S/C13H14N2O4/c16-12-8-10(15(18)19)6-7-11(12)14-13(17)9-4-2-1-3-5-9/h1-2,6-9,16H,3-5H2,(H,14,17). The molecule has 2 N–H and O–H groups in total. The van der Waals surface area contributed by atoms with Gasteiger partial charge in [-0.3, -0.25) is 14.9 Å². The van der Waals surface area contributed by atoms with Crippen molar-refractivity contribution in [1.82, 2.24) is 0 Å². The third kappa shape index (κ3) is 3.09. The third-order valence-corrected chi connectivity index (χ3v) is 3.09. The van der Waals surface area contributed by atoms with Crippen LogP contribution in [0.1, 0.15) is 19.3 Å². The first-order chi connectivity index (χ1) is 9.08. The molecule has 2 rings (SSSR count). The molecule has 1 aromatic rings. The van der Waals surface area contributed by atoms with Gasteiger partial charge in [-0.05, 0) is 25.3 Å². The minimum atomic E-state index is -0.600. The number of amides is 1. The number of anilines is 1. The summed E-state index contributed by atoms with van der Waals surface area (Å²) in [5.74, 6) is -0.581. The average Bonchev–Trinajstić information content (AvgIpc) is 2.41. The van der Waals surface area contributed by atoms with E-state index in [2.05, 4.69) is 5.32 Å². The van der Waals surface area contributed by atoms with Gasteiger partial charge < -0.3 is 10.4 Å². The topological polar surface area (TPSA) is 92.5 Å². The number of hydrogen-bond acceptors (Lipinski definition) is 4. The second-order valence-corrected chi connectivity index (χ2v) is 4.43. The number of benzene rings is 1. The lowest BCUT2D eigenvalue weighted by Gasteiger charge is -2.17. The monoisotopic (exact) mass is 262 g/mol. The molecule has 1 amide bonds. The van der Waals surface area contributed by atoms with Crippen LogP contribution in [0.3, 0.4) is 0 Å². The van der Waals surface area contributed by atoms with E-state index < -0.39 is 4.92 Å². The molecule has 1 aromatic carbocycles. The molecule has 0 heterocycles. The van der Waals surface area contributed by atoms with Gasteiger partial charge in [0.2, 0.25) is 5.91 Å². The second-order valence-electron chi connectivity index (χ2n) is 4.43. The highest BCUT2D eigenvalue weighted by Gasteiger charge is 2.20. The minimum Gasteiger partial charge on any atom is -0.506 e. The van der Waals surface area contributed by atoms with Crippen molar-refractivity contribution in [3.05, 3.63) is 40.5 Å². The first-order valence-corrected chi connectivity index (χ1v) is 6.01. The van der Waals surface area contributed by atoms with Crippen LogP contribution in [0.4, 0.5) is 11.4 Å². The second kappa shape index (κ2) is 5.51. The number of aromatic hydroxyl groups is 1. The number of nitrogens with one attached hydrogen (secondary N) is 1. The van der Waals surface area contributed by atoms with Gasteiger partial charge in [0.15, 0.2) is 0 Å². The van der Waals surface area contributed by atoms with Crippen LogP contribution in [0.15, 0.2) is 30.4 Å². The first kappa shape index (κ1) is 13.1. The maximum Gasteiger partial charge on any atom is 0.273 e. The van der Waals surface area contributed by atoms with Gasteiger partial charge in [-0.25, -0.2) is 0 Å². The van der Waals surface area contributed by atoms with E-state index in [0.29, 0.717) is 6.42 Å². The van der Waals surface area contributed by atoms with Gasteiger partial charge in [-0.2, -0.15) is 0 Å². The number of allylic oxidation sites excluding steroid dienone is 2. The molecule has 0 bridgehead atoms. The smallest absolute Gasteiger partial charge is 0.273 e. The summed E-state index contributed by atoms with van der Waals surface area (Å²) in [5, 5.41) is 22.8. The molecule has 0 aliphatic heterocycles. The number of carbonyl (C=O) groups is 1. The molecule has 0 saturated carbocycles. The lowest BCUT2D eigenvalue weighted by Crippen LogP contribution is -2.23. The number of nitro benzene ring substituents is 1. The number of nitro groups is 1. The Balaban J connectivity index is 2.08. The Labute approximate surface area is 109 Å². The number of nitrogens with zero attached hydrogens (tertiary/aromatic N) is 1. The summed E-state index contributed by atoms with van der Waals surface area (Å²) in [6.07, 6.45) is 6.32. The summed E-state index contributed by atoms with van der Waals surface area (Å²) in [5.41, 5.74) is -0.0127. The quantitative estimate of drug-likeness (QED) is 0.379. The molecule has 6 nitrogen and oxygen atoms in total. The van der Waals surface area contributed by atoms with Crippen LogP contribution in [-0.2, 0) is 4.79 Å². The van der Waals surface area contributed by atoms with E-state index >= 15 is 0 Å². The van der Waals surface area contributed by atoms with Crippen molar-refractivity contribution in [2.45, 2.75) is 19.3 Å². The molecular weight excluding hydrogens is 248 g/mol. The fourth-order valence-electron chi connectivity index (χ4n) is 2.01. The molecule has 0 saturated heterocycles. The highest BCUT2D eigenvalue weighted by molar-refractivity contribution is 5.94. The Morgan fingerprint density at radius 1 is 1.42 bits per heavy atom. The number of phenols is 1. The number of non-ortho nitro benzene ring substituents is 1. The van der Waals surface area contributed by atoms with Gasteiger partial charge in [0.1, 0.15) is 5.75 Å². The summed E-state index contributed by atoms with van der Waals surface area (Å²) < 4.78 is 0. The van der Waals surface area contributed by atoms with E-state index in [4.69, 9.17) is 0 Å². The van der Waals surface area contributed by atoms with Crippen LogP contribution in [0.5, 0.6) is 5.75 Å². The Kier molecular flexibility index (Phi) is 3.79. The summed E-state index contributed by atoms with van der Waals surface area (Å²) in [6.45, 7) is 0. The maximum atomic E-state index is 11.9. The zero-order valence-corrected chi connectivity index (χ0v) is 10.2. The fourth-order valence-corrected chi connectivity index (χ4v) is 2.01. The van der Waals surface area contributed by atoms with Crippen molar-refractivity contribution in [3.8, 4) is 5.75 Å². The molecule has 6 heteroatoms. The van der Waals surface area contributed by atoms with Crippen molar-refractivity contribution >= 4 is 17.3 Å². The molecule has 19 heavy (non-hydrogen) atoms. The van der Waals surface area contributed by atoms with E-state index in [-0.39, 0.29) is 28.9 Å². The van der Waals surface area contributed by atoms with Crippen molar-refractivity contribution in [2.24, 2.45) is 5.92 Å². The normalized spacial score (nSPS) is 18.0. The zero-order valence-electron chi connectivity index (χ0n) is 10.2. The van der Waals surface area contributed by atoms with Crippen LogP contribution >= 0.6 is 0 Å². The molecule has 1 aliphatic carbocycles. The van der Waals surface area contributed by atoms with E-state index in [0.717, 1.165) is 18.9 Å². The summed E-state index contributed by atoms with van der Waals surface area (Å²) in [7, 11) is 0. The Hall–Kier alpha value is -2.37. The molecule has 0 spiro atoms. The number of carbonyl (C=O) groups excluding carboxylic acids is 1. The lowest BCUT2D eigenvalue weighted by molar-refractivity contribution is -0.384. The molecule has 0 fully saturated rings. The van der Waals surface area contributed by atoms with Crippen molar-refractivity contribution in [3.63, 3.8) is 0 Å². The Bertz CT molecular complexity index is 539. The SMILES string of the molecule is O=C(Nc1ccc([N+](=O)[O-])cc1O)C1CC=CCC1. The molecule has 100 valence electrons. The molecule has 0 radical (unpaired) electrons. The van der Waals surface area contributed by atoms with Crippen molar-refractivity contribution in [1.29, 1.82) is 0 Å². The summed E-state index contributed by atoms with van der Waals surface area (Å²) in [4.78, 5) is 21.9. The fraction of sp³-hybridized carbons (Fsp3) is 0.308. The Morgan fingerprint density at radius 3 is 2.79 bits per heavy atom. The first-order valence-electron chi connectivity index (χ1n) is 6.01. The van der Waals surface area contributed by atoms with E-state index in [1.807, 2.05) is 12.2 Å². The molecule has 1 atom stereocenters. The van der Waals surface area contributed by atoms with Gasteiger partial charge in [0.05, 0.1) is 16.7 Å². The lowest BCUT2D eigenvalue weighted by atomic mass is 9.93. The van der Waals surface area contributed by atoms with Crippen LogP contribution < -0.4 is 5.32 Å². The zero-order chi connectivity index (χ0) is 13.8. The van der Waals surface area contributed by atoms with Crippen molar-refractivity contribution < 1.29 is 14.8 Å². The molecular formula is C13H14N2O4. The van der Waals surface area contributed by atoms with Crippen LogP contribution in [0, 0.1) is 16.0 Å². The molecule has 0 aromatic heterocycles. The third-order valence-electron chi connectivity index (χ3n) is 3.09.